The Labute approximate surface area is 284 Å². The second kappa shape index (κ2) is 11.6. The molecule has 16 heteroatoms. The van der Waals surface area contributed by atoms with E-state index in [-0.39, 0.29) is 53.9 Å². The first-order chi connectivity index (χ1) is 23.8. The van der Waals surface area contributed by atoms with Crippen molar-refractivity contribution in [2.45, 2.75) is 56.6 Å². The molecule has 2 N–H and O–H groups in total. The molecule has 3 fully saturated rings. The molecule has 4 aromatic heterocycles. The number of ether oxygens (including phenoxy) is 3. The maximum Gasteiger partial charge on any atom is 0.417 e. The van der Waals surface area contributed by atoms with Crippen LogP contribution in [0.25, 0.3) is 44.1 Å². The summed E-state index contributed by atoms with van der Waals surface area (Å²) in [5, 5.41) is 19.3. The molecule has 266 valence electrons. The molecule has 12 nitrogen and oxygen atoms in total. The fourth-order valence-electron chi connectivity index (χ4n) is 8.29. The van der Waals surface area contributed by atoms with Crippen LogP contribution in [0, 0.1) is 6.92 Å². The third-order valence-electron chi connectivity index (χ3n) is 10.4. The largest absolute Gasteiger partial charge is 0.481 e. The standard InChI is InChI=1S/C34H38F4N8O4/c1-18-10-22-21(13-39-43-22)24(26(18)34(36,37)38)27-28-20(11-23(40-27)48-4)25-29(44(28)3)41-31(42-30(25)45-8-9-49-16-32(2,47)15-45)50-17-33-6-5-7-46(33)14-19(35)12-33/h10-11,13,19,47H,5-9,12,14-17H2,1-4H3,(H,39,43)/t19-,32+,33+/m1/s1. The fourth-order valence-corrected chi connectivity index (χ4v) is 8.29. The average Bonchev–Trinajstić information content (AvgIpc) is 3.78. The molecule has 7 heterocycles. The van der Waals surface area contributed by atoms with E-state index in [2.05, 4.69) is 20.1 Å². The number of nitrogens with one attached hydrogen (secondary N) is 1. The number of H-pyrrole nitrogens is 1. The summed E-state index contributed by atoms with van der Waals surface area (Å²) in [7, 11) is 3.11. The summed E-state index contributed by atoms with van der Waals surface area (Å²) in [6, 6.07) is 3.12. The number of methoxy groups -OCH3 is 1. The number of aliphatic hydroxyl groups is 1. The summed E-state index contributed by atoms with van der Waals surface area (Å²) in [5.41, 5.74) is -1.47. The van der Waals surface area contributed by atoms with Crippen molar-refractivity contribution in [3.63, 3.8) is 0 Å². The van der Waals surface area contributed by atoms with Gasteiger partial charge >= 0.3 is 12.2 Å². The van der Waals surface area contributed by atoms with Gasteiger partial charge in [-0.25, -0.2) is 9.37 Å². The highest BCUT2D eigenvalue weighted by molar-refractivity contribution is 6.17. The lowest BCUT2D eigenvalue weighted by atomic mass is 9.94. The maximum atomic E-state index is 14.9. The quantitative estimate of drug-likeness (QED) is 0.236. The average molecular weight is 699 g/mol. The zero-order valence-corrected chi connectivity index (χ0v) is 28.2. The highest BCUT2D eigenvalue weighted by atomic mass is 19.4. The van der Waals surface area contributed by atoms with E-state index in [0.717, 1.165) is 19.4 Å². The van der Waals surface area contributed by atoms with Crippen molar-refractivity contribution in [1.82, 2.24) is 34.6 Å². The van der Waals surface area contributed by atoms with Crippen molar-refractivity contribution in [3.05, 3.63) is 29.5 Å². The Bertz CT molecular complexity index is 2130. The molecule has 0 amide bonds. The molecule has 1 aromatic carbocycles. The lowest BCUT2D eigenvalue weighted by molar-refractivity contribution is -0.137. The van der Waals surface area contributed by atoms with Gasteiger partial charge in [0.15, 0.2) is 0 Å². The number of halogens is 4. The predicted molar refractivity (Wildman–Crippen MR) is 177 cm³/mol. The van der Waals surface area contributed by atoms with E-state index in [1.54, 1.807) is 24.6 Å². The summed E-state index contributed by atoms with van der Waals surface area (Å²) < 4.78 is 78.7. The van der Waals surface area contributed by atoms with Crippen LogP contribution in [0.1, 0.15) is 37.3 Å². The molecule has 0 saturated carbocycles. The van der Waals surface area contributed by atoms with E-state index >= 15 is 0 Å². The van der Waals surface area contributed by atoms with E-state index in [0.29, 0.717) is 59.4 Å². The number of benzene rings is 1. The van der Waals surface area contributed by atoms with Crippen molar-refractivity contribution in [2.75, 3.05) is 58.0 Å². The molecule has 0 bridgehead atoms. The van der Waals surface area contributed by atoms with Crippen LogP contribution in [-0.2, 0) is 18.0 Å². The monoisotopic (exact) mass is 698 g/mol. The van der Waals surface area contributed by atoms with Crippen molar-refractivity contribution in [1.29, 1.82) is 0 Å². The Balaban J connectivity index is 1.39. The Hall–Kier alpha value is -4.28. The third kappa shape index (κ3) is 5.30. The second-order valence-corrected chi connectivity index (χ2v) is 14.1. The van der Waals surface area contributed by atoms with Gasteiger partial charge in [0.2, 0.25) is 5.88 Å². The molecule has 3 saturated heterocycles. The lowest BCUT2D eigenvalue weighted by Crippen LogP contribution is -2.44. The van der Waals surface area contributed by atoms with Crippen LogP contribution in [0.4, 0.5) is 23.4 Å². The molecule has 50 heavy (non-hydrogen) atoms. The first-order valence-corrected chi connectivity index (χ1v) is 16.6. The minimum atomic E-state index is -4.72. The van der Waals surface area contributed by atoms with Crippen LogP contribution in [-0.4, -0.2) is 110 Å². The third-order valence-corrected chi connectivity index (χ3v) is 10.4. The number of β-amino-alcohol motifs (C(OH)–C–C–N with tert-alkyl or cyclic N) is 1. The SMILES string of the molecule is COc1cc2c3c(N4CCOC[C@@](C)(O)C4)nc(OC[C@@]45CCCN4C[C@H](F)C5)nc3n(C)c2c(-c2c(C(F)(F)F)c(C)cc3[nH]ncc23)n1. The molecule has 3 aliphatic rings. The van der Waals surface area contributed by atoms with Crippen molar-refractivity contribution >= 4 is 38.7 Å². The molecule has 3 aliphatic heterocycles. The zero-order chi connectivity index (χ0) is 35.2. The molecular formula is C34H38F4N8O4. The number of rotatable bonds is 6. The smallest absolute Gasteiger partial charge is 0.417 e. The van der Waals surface area contributed by atoms with Gasteiger partial charge in [0.1, 0.15) is 29.8 Å². The van der Waals surface area contributed by atoms with Crippen LogP contribution in [0.5, 0.6) is 11.9 Å². The molecular weight excluding hydrogens is 660 g/mol. The van der Waals surface area contributed by atoms with E-state index in [1.165, 1.54) is 26.3 Å². The molecule has 3 atom stereocenters. The van der Waals surface area contributed by atoms with Gasteiger partial charge in [-0.1, -0.05) is 0 Å². The number of aromatic nitrogens is 6. The second-order valence-electron chi connectivity index (χ2n) is 14.1. The number of anilines is 1. The first-order valence-electron chi connectivity index (χ1n) is 16.6. The van der Waals surface area contributed by atoms with Gasteiger partial charge in [0.25, 0.3) is 0 Å². The van der Waals surface area contributed by atoms with Crippen molar-refractivity contribution in [3.8, 4) is 23.1 Å². The van der Waals surface area contributed by atoms with Gasteiger partial charge in [0, 0.05) is 49.0 Å². The van der Waals surface area contributed by atoms with Gasteiger partial charge < -0.3 is 28.8 Å². The topological polar surface area (TPSA) is 127 Å². The number of pyridine rings is 1. The molecule has 0 aliphatic carbocycles. The summed E-state index contributed by atoms with van der Waals surface area (Å²) in [4.78, 5) is 18.4. The summed E-state index contributed by atoms with van der Waals surface area (Å²) in [6.07, 6.45) is -2.21. The van der Waals surface area contributed by atoms with E-state index in [9.17, 15) is 22.7 Å². The van der Waals surface area contributed by atoms with Crippen LogP contribution >= 0.6 is 0 Å². The molecule has 0 spiro atoms. The molecule has 0 radical (unpaired) electrons. The van der Waals surface area contributed by atoms with E-state index < -0.39 is 29.1 Å². The van der Waals surface area contributed by atoms with Crippen molar-refractivity contribution < 1.29 is 36.9 Å². The Morgan fingerprint density at radius 3 is 2.76 bits per heavy atom. The van der Waals surface area contributed by atoms with Crippen LogP contribution in [0.15, 0.2) is 18.3 Å². The highest BCUT2D eigenvalue weighted by Crippen LogP contribution is 2.47. The van der Waals surface area contributed by atoms with Gasteiger partial charge in [-0.2, -0.15) is 28.2 Å². The molecule has 8 rings (SSSR count). The summed E-state index contributed by atoms with van der Waals surface area (Å²) in [6.45, 7) is 5.33. The molecule has 0 unspecified atom stereocenters. The van der Waals surface area contributed by atoms with Crippen LogP contribution in [0.2, 0.25) is 0 Å². The van der Waals surface area contributed by atoms with E-state index in [4.69, 9.17) is 24.2 Å². The Kier molecular flexibility index (Phi) is 7.65. The van der Waals surface area contributed by atoms with Crippen LogP contribution < -0.4 is 14.4 Å². The van der Waals surface area contributed by atoms with Crippen molar-refractivity contribution in [2.24, 2.45) is 7.05 Å². The fraction of sp³-hybridized carbons (Fsp3) is 0.529. The number of hydrogen-bond acceptors (Lipinski definition) is 10. The number of alkyl halides is 4. The van der Waals surface area contributed by atoms with Gasteiger partial charge in [0.05, 0.1) is 66.3 Å². The first kappa shape index (κ1) is 32.9. The Morgan fingerprint density at radius 2 is 1.98 bits per heavy atom. The summed E-state index contributed by atoms with van der Waals surface area (Å²) >= 11 is 0. The van der Waals surface area contributed by atoms with Gasteiger partial charge in [-0.15, -0.1) is 0 Å². The van der Waals surface area contributed by atoms with E-state index in [1.807, 2.05) is 4.90 Å². The number of nitrogens with zero attached hydrogens (tertiary/aromatic N) is 7. The number of hydrogen-bond donors (Lipinski definition) is 2. The number of aryl methyl sites for hydroxylation is 2. The molecule has 5 aromatic rings. The Morgan fingerprint density at radius 1 is 1.16 bits per heavy atom. The lowest BCUT2D eigenvalue weighted by Gasteiger charge is -2.31. The van der Waals surface area contributed by atoms with Gasteiger partial charge in [-0.3, -0.25) is 10.00 Å². The number of aromatic amines is 1. The van der Waals surface area contributed by atoms with Gasteiger partial charge in [-0.05, 0) is 44.9 Å². The minimum Gasteiger partial charge on any atom is -0.481 e. The summed E-state index contributed by atoms with van der Waals surface area (Å²) in [5.74, 6) is 0.496. The highest BCUT2D eigenvalue weighted by Gasteiger charge is 2.49. The normalized spacial score (nSPS) is 24.8. The zero-order valence-electron chi connectivity index (χ0n) is 28.2. The van der Waals surface area contributed by atoms with Crippen LogP contribution in [0.3, 0.4) is 0 Å². The maximum absolute atomic E-state index is 14.9. The number of fused-ring (bicyclic) bond motifs is 5. The predicted octanol–water partition coefficient (Wildman–Crippen LogP) is 4.94. The minimum absolute atomic E-state index is 0.00603.